The van der Waals surface area contributed by atoms with Gasteiger partial charge in [-0.2, -0.15) is 0 Å². The van der Waals surface area contributed by atoms with Crippen LogP contribution in [0, 0.1) is 13.8 Å². The first-order valence-corrected chi connectivity index (χ1v) is 8.72. The zero-order valence-electron chi connectivity index (χ0n) is 14.9. The molecule has 0 aromatic heterocycles. The molecule has 1 aliphatic heterocycles. The number of alkyl halides is 1. The fraction of sp³-hybridized carbons (Fsp3) is 0.318. The Kier molecular flexibility index (Phi) is 5.03. The normalized spacial score (nSPS) is 14.8. The predicted molar refractivity (Wildman–Crippen MR) is 99.5 cm³/mol. The average molecular weight is 337 g/mol. The van der Waals surface area contributed by atoms with Gasteiger partial charge >= 0.3 is 0 Å². The number of hydrogen-bond acceptors (Lipinski definition) is 1. The molecule has 0 radical (unpaired) electrons. The van der Waals surface area contributed by atoms with Crippen molar-refractivity contribution in [2.24, 2.45) is 0 Å². The van der Waals surface area contributed by atoms with Crippen molar-refractivity contribution in [3.05, 3.63) is 82.4 Å². The van der Waals surface area contributed by atoms with Crippen molar-refractivity contribution in [1.82, 2.24) is 4.90 Å². The number of hydrogen-bond donors (Lipinski definition) is 0. The van der Waals surface area contributed by atoms with E-state index in [1.54, 1.807) is 6.08 Å². The van der Waals surface area contributed by atoms with E-state index in [4.69, 9.17) is 0 Å². The van der Waals surface area contributed by atoms with E-state index in [9.17, 15) is 9.18 Å². The smallest absolute Gasteiger partial charge is 0.254 e. The third kappa shape index (κ3) is 3.65. The first-order chi connectivity index (χ1) is 12.0. The summed E-state index contributed by atoms with van der Waals surface area (Å²) >= 11 is 0. The van der Waals surface area contributed by atoms with Crippen LogP contribution in [0.15, 0.2) is 49.1 Å². The number of fused-ring (bicyclic) bond motifs is 1. The van der Waals surface area contributed by atoms with E-state index >= 15 is 0 Å². The highest BCUT2D eigenvalue weighted by Crippen LogP contribution is 2.28. The first-order valence-electron chi connectivity index (χ1n) is 8.72. The number of amides is 1. The number of aryl methyl sites for hydroxylation is 2. The lowest BCUT2D eigenvalue weighted by Gasteiger charge is -2.29. The molecular formula is C22H24FNO. The summed E-state index contributed by atoms with van der Waals surface area (Å²) in [6.07, 6.45) is 1.68. The van der Waals surface area contributed by atoms with Crippen molar-refractivity contribution in [1.29, 1.82) is 0 Å². The number of halogens is 1. The largest absolute Gasteiger partial charge is 0.334 e. The molecule has 2 nitrogen and oxygen atoms in total. The highest BCUT2D eigenvalue weighted by Gasteiger charge is 2.23. The van der Waals surface area contributed by atoms with Gasteiger partial charge in [-0.15, -0.1) is 6.58 Å². The summed E-state index contributed by atoms with van der Waals surface area (Å²) in [4.78, 5) is 14.7. The lowest BCUT2D eigenvalue weighted by molar-refractivity contribution is 0.0734. The van der Waals surface area contributed by atoms with E-state index < -0.39 is 6.17 Å². The van der Waals surface area contributed by atoms with Gasteiger partial charge in [0, 0.05) is 25.1 Å². The fourth-order valence-electron chi connectivity index (χ4n) is 3.28. The quantitative estimate of drug-likeness (QED) is 0.712. The highest BCUT2D eigenvalue weighted by molar-refractivity contribution is 5.94. The Bertz CT molecular complexity index is 812. The Morgan fingerprint density at radius 1 is 1.20 bits per heavy atom. The lowest BCUT2D eigenvalue weighted by atomic mass is 9.94. The second-order valence-corrected chi connectivity index (χ2v) is 6.80. The van der Waals surface area contributed by atoms with Crippen LogP contribution in [0.5, 0.6) is 0 Å². The predicted octanol–water partition coefficient (Wildman–Crippen LogP) is 5.09. The second kappa shape index (κ2) is 7.22. The summed E-state index contributed by atoms with van der Waals surface area (Å²) in [5.74, 6) is 0.0436. The standard InChI is InChI=1S/C22H24FNO/c1-4-5-21(23)18-9-8-17-10-11-24(14-20(17)13-18)22(25)19-7-6-15(2)16(3)12-19/h4,6-9,12-13,21H,1,5,10-11,14H2,2-3H3. The van der Waals surface area contributed by atoms with Crippen molar-refractivity contribution >= 4 is 5.91 Å². The molecule has 0 spiro atoms. The third-order valence-electron chi connectivity index (χ3n) is 5.02. The summed E-state index contributed by atoms with van der Waals surface area (Å²) in [5.41, 5.74) is 5.94. The molecule has 1 amide bonds. The molecule has 0 N–H and O–H groups in total. The molecule has 0 bridgehead atoms. The number of carbonyl (C=O) groups is 1. The minimum absolute atomic E-state index is 0.0436. The number of benzene rings is 2. The Balaban J connectivity index is 1.81. The van der Waals surface area contributed by atoms with E-state index in [0.29, 0.717) is 25.1 Å². The molecule has 0 saturated carbocycles. The number of rotatable bonds is 4. The molecule has 1 atom stereocenters. The van der Waals surface area contributed by atoms with Crippen LogP contribution in [0.4, 0.5) is 4.39 Å². The SMILES string of the molecule is C=CCC(F)c1ccc2c(c1)CN(C(=O)c1ccc(C)c(C)c1)CC2. The number of allylic oxidation sites excluding steroid dienone is 1. The zero-order chi connectivity index (χ0) is 18.0. The molecular weight excluding hydrogens is 313 g/mol. The maximum atomic E-state index is 14.2. The first kappa shape index (κ1) is 17.4. The van der Waals surface area contributed by atoms with Crippen molar-refractivity contribution in [3.8, 4) is 0 Å². The van der Waals surface area contributed by atoms with E-state index in [-0.39, 0.29) is 5.91 Å². The van der Waals surface area contributed by atoms with Gasteiger partial charge in [-0.3, -0.25) is 4.79 Å². The van der Waals surface area contributed by atoms with Gasteiger partial charge in [-0.05, 0) is 60.2 Å². The molecule has 0 saturated heterocycles. The summed E-state index contributed by atoms with van der Waals surface area (Å²) in [7, 11) is 0. The van der Waals surface area contributed by atoms with Crippen molar-refractivity contribution in [3.63, 3.8) is 0 Å². The molecule has 1 heterocycles. The van der Waals surface area contributed by atoms with Crippen LogP contribution >= 0.6 is 0 Å². The Morgan fingerprint density at radius 3 is 2.72 bits per heavy atom. The van der Waals surface area contributed by atoms with Crippen LogP contribution in [0.25, 0.3) is 0 Å². The number of nitrogens with zero attached hydrogens (tertiary/aromatic N) is 1. The van der Waals surface area contributed by atoms with Gasteiger partial charge in [0.15, 0.2) is 0 Å². The van der Waals surface area contributed by atoms with Gasteiger partial charge in [0.2, 0.25) is 0 Å². The molecule has 0 fully saturated rings. The molecule has 0 aliphatic carbocycles. The zero-order valence-corrected chi connectivity index (χ0v) is 14.9. The van der Waals surface area contributed by atoms with Gasteiger partial charge < -0.3 is 4.90 Å². The summed E-state index contributed by atoms with van der Waals surface area (Å²) in [6, 6.07) is 11.6. The van der Waals surface area contributed by atoms with Crippen LogP contribution in [0.1, 0.15) is 50.8 Å². The van der Waals surface area contributed by atoms with Crippen molar-refractivity contribution < 1.29 is 9.18 Å². The molecule has 130 valence electrons. The minimum Gasteiger partial charge on any atom is -0.334 e. The highest BCUT2D eigenvalue weighted by atomic mass is 19.1. The number of carbonyl (C=O) groups excluding carboxylic acids is 1. The Labute approximate surface area is 149 Å². The van der Waals surface area contributed by atoms with Crippen LogP contribution in [0.2, 0.25) is 0 Å². The van der Waals surface area contributed by atoms with Crippen molar-refractivity contribution in [2.45, 2.75) is 39.4 Å². The summed E-state index contributed by atoms with van der Waals surface area (Å²) < 4.78 is 14.2. The molecule has 2 aromatic rings. The molecule has 1 unspecified atom stereocenters. The Morgan fingerprint density at radius 2 is 2.00 bits per heavy atom. The lowest BCUT2D eigenvalue weighted by Crippen LogP contribution is -2.36. The van der Waals surface area contributed by atoms with Gasteiger partial charge in [-0.1, -0.05) is 30.3 Å². The molecule has 3 heteroatoms. The van der Waals surface area contributed by atoms with Crippen LogP contribution < -0.4 is 0 Å². The monoisotopic (exact) mass is 337 g/mol. The van der Waals surface area contributed by atoms with Crippen LogP contribution in [-0.2, 0) is 13.0 Å². The van der Waals surface area contributed by atoms with Gasteiger partial charge in [0.25, 0.3) is 5.91 Å². The third-order valence-corrected chi connectivity index (χ3v) is 5.02. The fourth-order valence-corrected chi connectivity index (χ4v) is 3.28. The molecule has 25 heavy (non-hydrogen) atoms. The topological polar surface area (TPSA) is 20.3 Å². The van der Waals surface area contributed by atoms with E-state index in [1.165, 1.54) is 11.1 Å². The van der Waals surface area contributed by atoms with Crippen molar-refractivity contribution in [2.75, 3.05) is 6.54 Å². The van der Waals surface area contributed by atoms with Crippen LogP contribution in [-0.4, -0.2) is 17.4 Å². The van der Waals surface area contributed by atoms with Gasteiger partial charge in [0.1, 0.15) is 6.17 Å². The second-order valence-electron chi connectivity index (χ2n) is 6.80. The maximum Gasteiger partial charge on any atom is 0.254 e. The Hall–Kier alpha value is -2.42. The van der Waals surface area contributed by atoms with Gasteiger partial charge in [0.05, 0.1) is 0 Å². The maximum absolute atomic E-state index is 14.2. The summed E-state index contributed by atoms with van der Waals surface area (Å²) in [5, 5.41) is 0. The summed E-state index contributed by atoms with van der Waals surface area (Å²) in [6.45, 7) is 8.90. The molecule has 2 aromatic carbocycles. The molecule has 1 aliphatic rings. The average Bonchev–Trinajstić information content (AvgIpc) is 2.62. The minimum atomic E-state index is -1.03. The van der Waals surface area contributed by atoms with Crippen LogP contribution in [0.3, 0.4) is 0 Å². The molecule has 3 rings (SSSR count). The van der Waals surface area contributed by atoms with E-state index in [2.05, 4.69) is 6.58 Å². The van der Waals surface area contributed by atoms with E-state index in [0.717, 1.165) is 23.1 Å². The van der Waals surface area contributed by atoms with Gasteiger partial charge in [-0.25, -0.2) is 4.39 Å². The van der Waals surface area contributed by atoms with E-state index in [1.807, 2.05) is 55.1 Å².